The van der Waals surface area contributed by atoms with Gasteiger partial charge in [0.1, 0.15) is 52.7 Å². The predicted molar refractivity (Wildman–Crippen MR) is 195 cm³/mol. The van der Waals surface area contributed by atoms with E-state index >= 15 is 35.1 Å². The van der Waals surface area contributed by atoms with Crippen LogP contribution in [0, 0.1) is 116 Å². The summed E-state index contributed by atoms with van der Waals surface area (Å²) in [7, 11) is 0.162. The first kappa shape index (κ1) is 49.4. The second-order valence-corrected chi connectivity index (χ2v) is 16.7. The van der Waals surface area contributed by atoms with Crippen LogP contribution in [0.2, 0.25) is 0 Å². The first-order valence-corrected chi connectivity index (χ1v) is 20.0. The molecule has 0 heterocycles. The zero-order valence-corrected chi connectivity index (χ0v) is 32.9. The minimum Gasteiger partial charge on any atom is -0.289 e. The van der Waals surface area contributed by atoms with Gasteiger partial charge in [-0.05, 0) is 35.2 Å². The summed E-state index contributed by atoms with van der Waals surface area (Å²) in [5.74, 6) is -70.5. The number of ketones is 1. The van der Waals surface area contributed by atoms with Gasteiger partial charge in [0.15, 0.2) is 75.6 Å². The van der Waals surface area contributed by atoms with E-state index in [-0.39, 0.29) is 16.7 Å². The van der Waals surface area contributed by atoms with E-state index in [1.165, 1.54) is 4.90 Å². The maximum absolute atomic E-state index is 15.4. The molecule has 0 saturated heterocycles. The lowest BCUT2D eigenvalue weighted by molar-refractivity contribution is 0.102. The molecule has 0 bridgehead atoms. The zero-order chi connectivity index (χ0) is 48.0. The van der Waals surface area contributed by atoms with Crippen molar-refractivity contribution in [2.45, 2.75) is 9.79 Å². The van der Waals surface area contributed by atoms with Gasteiger partial charge in [0.25, 0.3) is 0 Å². The first-order chi connectivity index (χ1) is 29.8. The maximum atomic E-state index is 15.4. The van der Waals surface area contributed by atoms with E-state index < -0.39 is 144 Å². The fourth-order valence-electron chi connectivity index (χ4n) is 6.55. The molecule has 64 heavy (non-hydrogen) atoms. The van der Waals surface area contributed by atoms with E-state index in [0.717, 1.165) is 10.5 Å². The molecule has 0 aliphatic heterocycles. The van der Waals surface area contributed by atoms with Gasteiger partial charge in [0, 0.05) is 15.4 Å². The Hall–Kier alpha value is -5.65. The van der Waals surface area contributed by atoms with Crippen LogP contribution in [-0.2, 0) is 10.9 Å². The highest BCUT2D eigenvalue weighted by Crippen LogP contribution is 2.31. The molecule has 6 aromatic carbocycles. The van der Waals surface area contributed by atoms with Crippen LogP contribution in [0.3, 0.4) is 0 Å². The van der Waals surface area contributed by atoms with Crippen LogP contribution in [0.15, 0.2) is 64.4 Å². The molecule has 0 radical (unpaired) electrons. The topological polar surface area (TPSA) is 17.1 Å². The van der Waals surface area contributed by atoms with Crippen molar-refractivity contribution in [1.29, 1.82) is 0 Å². The largest absolute Gasteiger partial charge is 0.289 e. The molecule has 1 nitrogen and oxygen atoms in total. The van der Waals surface area contributed by atoms with Crippen LogP contribution in [-0.4, -0.2) is 30.2 Å². The number of Topliss-reactive ketones (excluding diaryl/α,β-unsaturated/α-hetero) is 1. The lowest BCUT2D eigenvalue weighted by Gasteiger charge is -2.44. The van der Waals surface area contributed by atoms with E-state index in [0.29, 0.717) is 5.75 Å². The van der Waals surface area contributed by atoms with E-state index in [4.69, 9.17) is 0 Å². The van der Waals surface area contributed by atoms with E-state index in [2.05, 4.69) is 24.6 Å². The second-order valence-electron chi connectivity index (χ2n) is 13.3. The molecule has 0 atom stereocenters. The summed E-state index contributed by atoms with van der Waals surface area (Å²) in [6.45, 7) is 0. The maximum Gasteiger partial charge on any atom is 0.211 e. The molecular weight excluding hydrogens is 951 g/mol. The van der Waals surface area contributed by atoms with Crippen molar-refractivity contribution in [3.05, 3.63) is 177 Å². The molecule has 6 rings (SSSR count). The Morgan fingerprint density at radius 3 is 0.859 bits per heavy atom. The minimum atomic E-state index is -7.22. The van der Waals surface area contributed by atoms with Gasteiger partial charge in [-0.15, -0.1) is 21.9 Å². The molecule has 0 amide bonds. The number of halogens is 20. The monoisotopic (exact) mass is 968 g/mol. The number of rotatable bonds is 9. The lowest BCUT2D eigenvalue weighted by Crippen LogP contribution is -2.81. The molecule has 0 fully saturated rings. The van der Waals surface area contributed by atoms with Gasteiger partial charge in [-0.3, -0.25) is 4.79 Å². The van der Waals surface area contributed by atoms with Crippen LogP contribution in [0.5, 0.6) is 0 Å². The van der Waals surface area contributed by atoms with Crippen molar-refractivity contribution >= 4 is 56.4 Å². The number of benzene rings is 6. The summed E-state index contributed by atoms with van der Waals surface area (Å²) in [6, 6.07) is 18.2. The van der Waals surface area contributed by atoms with Crippen molar-refractivity contribution in [3.63, 3.8) is 0 Å². The Morgan fingerprint density at radius 2 is 0.609 bits per heavy atom. The summed E-state index contributed by atoms with van der Waals surface area (Å²) in [6.07, 6.45) is -3.03. The molecule has 24 heteroatoms. The summed E-state index contributed by atoms with van der Waals surface area (Å²) < 4.78 is 294. The highest BCUT2D eigenvalue weighted by Gasteiger charge is 2.52. The Balaban J connectivity index is 0.000000337. The molecule has 338 valence electrons. The normalized spacial score (nSPS) is 11.6. The van der Waals surface area contributed by atoms with Crippen molar-refractivity contribution in [1.82, 2.24) is 0 Å². The van der Waals surface area contributed by atoms with Crippen molar-refractivity contribution < 1.29 is 92.6 Å². The zero-order valence-electron chi connectivity index (χ0n) is 31.3. The third-order valence-electron chi connectivity index (χ3n) is 9.28. The van der Waals surface area contributed by atoms with Crippen molar-refractivity contribution in [2.24, 2.45) is 0 Å². The summed E-state index contributed by atoms with van der Waals surface area (Å²) in [4.78, 5) is 14.3. The van der Waals surface area contributed by atoms with Crippen LogP contribution in [0.1, 0.15) is 10.4 Å². The highest BCUT2D eigenvalue weighted by atomic mass is 32.2. The van der Waals surface area contributed by atoms with E-state index in [1.807, 2.05) is 42.5 Å². The number of carbonyl (C=O) groups is 1. The molecule has 0 N–H and O–H groups in total. The minimum absolute atomic E-state index is 0.162. The van der Waals surface area contributed by atoms with Gasteiger partial charge in [0.2, 0.25) is 5.78 Å². The third-order valence-corrected chi connectivity index (χ3v) is 11.1. The SMILES string of the molecule is C[S+](C)CC(=O)c1ccc(Sc2ccccc2)cc1.Fc1c(F)c(F)c([B-](c2c(F)c(F)c(F)c(F)c2F)(c2c(F)c(F)c(F)c(F)c2F)c2c(F)c(F)c(F)c(F)c2F)c(F)c1F. The number of hydrogen-bond acceptors (Lipinski definition) is 2. The molecule has 0 spiro atoms. The fourth-order valence-corrected chi connectivity index (χ4v) is 8.08. The van der Waals surface area contributed by atoms with Crippen molar-refractivity contribution in [3.8, 4) is 0 Å². The Labute approximate surface area is 353 Å². The molecule has 0 aromatic heterocycles. The van der Waals surface area contributed by atoms with Gasteiger partial charge in [-0.1, -0.05) is 42.1 Å². The smallest absolute Gasteiger partial charge is 0.211 e. The van der Waals surface area contributed by atoms with Gasteiger partial charge in [-0.25, -0.2) is 87.8 Å². The average Bonchev–Trinajstić information content (AvgIpc) is 3.26. The average molecular weight is 968 g/mol. The van der Waals surface area contributed by atoms with Crippen LogP contribution in [0.4, 0.5) is 87.8 Å². The second kappa shape index (κ2) is 18.8. The quantitative estimate of drug-likeness (QED) is 0.0359. The molecule has 6 aromatic rings. The van der Waals surface area contributed by atoms with Crippen molar-refractivity contribution in [2.75, 3.05) is 18.3 Å². The Bertz CT molecular complexity index is 2440. The standard InChI is InChI=1S/C24BF20.C16H17OS2/c26-5-1(6(27)14(35)21(42)13(5)34)25(2-7(28)15(36)22(43)16(37)8(2)29,3-9(30)17(38)23(44)18(39)10(3)31)4-11(32)19(40)24(45)20(41)12(4)33;1-19(2)12-16(17)13-8-10-15(11-9-13)18-14-6-4-3-5-7-14/h;3-11H,12H2,1-2H3/q-1;+1. The van der Waals surface area contributed by atoms with Crippen LogP contribution >= 0.6 is 11.8 Å². The van der Waals surface area contributed by atoms with Crippen LogP contribution < -0.4 is 21.9 Å². The summed E-state index contributed by atoms with van der Waals surface area (Å²) in [5, 5.41) is 0. The highest BCUT2D eigenvalue weighted by molar-refractivity contribution is 7.99. The first-order valence-electron chi connectivity index (χ1n) is 17.0. The summed E-state index contributed by atoms with van der Waals surface area (Å²) >= 11 is 1.71. The summed E-state index contributed by atoms with van der Waals surface area (Å²) in [5.41, 5.74) is -13.5. The number of hydrogen-bond donors (Lipinski definition) is 0. The van der Waals surface area contributed by atoms with E-state index in [1.54, 1.807) is 11.8 Å². The Kier molecular flexibility index (Phi) is 14.5. The Morgan fingerprint density at radius 1 is 0.375 bits per heavy atom. The molecule has 0 aliphatic rings. The number of carbonyl (C=O) groups excluding carboxylic acids is 1. The van der Waals surface area contributed by atoms with Gasteiger partial charge in [-0.2, -0.15) is 0 Å². The van der Waals surface area contributed by atoms with Gasteiger partial charge >= 0.3 is 0 Å². The predicted octanol–water partition coefficient (Wildman–Crippen LogP) is 9.74. The lowest BCUT2D eigenvalue weighted by atomic mass is 9.12. The molecule has 0 aliphatic carbocycles. The molecule has 0 saturated carbocycles. The van der Waals surface area contributed by atoms with Crippen LogP contribution in [0.25, 0.3) is 0 Å². The molecule has 0 unspecified atom stereocenters. The van der Waals surface area contributed by atoms with Gasteiger partial charge < -0.3 is 0 Å². The fraction of sp³-hybridized carbons (Fsp3) is 0.0750. The van der Waals surface area contributed by atoms with Gasteiger partial charge in [0.05, 0.1) is 12.5 Å². The third kappa shape index (κ3) is 8.29. The van der Waals surface area contributed by atoms with E-state index in [9.17, 15) is 57.5 Å². The molecular formula is C40H17BF20OS2.